The molecular weight excluding hydrogens is 282 g/mol. The van der Waals surface area contributed by atoms with Crippen LogP contribution >= 0.6 is 15.9 Å². The Morgan fingerprint density at radius 3 is 2.82 bits per heavy atom. The number of amides is 1. The van der Waals surface area contributed by atoms with Gasteiger partial charge >= 0.3 is 0 Å². The summed E-state index contributed by atoms with van der Waals surface area (Å²) in [5.74, 6) is -0.251. The van der Waals surface area contributed by atoms with Crippen molar-refractivity contribution in [3.05, 3.63) is 52.5 Å². The fourth-order valence-electron chi connectivity index (χ4n) is 1.26. The normalized spacial score (nSPS) is 10.0. The lowest BCUT2D eigenvalue weighted by molar-refractivity contribution is 0.102. The average molecular weight is 292 g/mol. The fourth-order valence-corrected chi connectivity index (χ4v) is 1.59. The lowest BCUT2D eigenvalue weighted by Crippen LogP contribution is -2.14. The van der Waals surface area contributed by atoms with Crippen LogP contribution in [-0.2, 0) is 0 Å². The molecule has 0 aliphatic heterocycles. The molecule has 0 aliphatic rings. The van der Waals surface area contributed by atoms with Crippen LogP contribution in [0.4, 0.5) is 5.69 Å². The van der Waals surface area contributed by atoms with E-state index in [1.165, 1.54) is 0 Å². The molecule has 0 radical (unpaired) electrons. The van der Waals surface area contributed by atoms with Crippen LogP contribution in [0.3, 0.4) is 0 Å². The zero-order valence-corrected chi connectivity index (χ0v) is 10.7. The van der Waals surface area contributed by atoms with E-state index < -0.39 is 0 Å². The molecule has 0 unspecified atom stereocenters. The van der Waals surface area contributed by atoms with Crippen molar-refractivity contribution in [1.29, 1.82) is 0 Å². The van der Waals surface area contributed by atoms with Gasteiger partial charge in [-0.25, -0.2) is 4.98 Å². The van der Waals surface area contributed by atoms with Crippen LogP contribution in [0.2, 0.25) is 0 Å². The second-order valence-electron chi connectivity index (χ2n) is 3.50. The Morgan fingerprint density at radius 2 is 2.18 bits per heavy atom. The van der Waals surface area contributed by atoms with E-state index in [2.05, 4.69) is 31.2 Å². The zero-order chi connectivity index (χ0) is 12.3. The third kappa shape index (κ3) is 2.88. The quantitative estimate of drug-likeness (QED) is 0.866. The van der Waals surface area contributed by atoms with Gasteiger partial charge in [0.2, 0.25) is 0 Å². The molecule has 2 aromatic heterocycles. The Balaban J connectivity index is 2.18. The lowest BCUT2D eigenvalue weighted by atomic mass is 10.2. The minimum absolute atomic E-state index is 0.251. The monoisotopic (exact) mass is 291 g/mol. The molecule has 86 valence electrons. The van der Waals surface area contributed by atoms with Crippen LogP contribution in [0.1, 0.15) is 16.1 Å². The first-order valence-electron chi connectivity index (χ1n) is 5.01. The molecule has 0 aromatic carbocycles. The molecule has 1 amide bonds. The number of halogens is 1. The van der Waals surface area contributed by atoms with Crippen LogP contribution in [0.25, 0.3) is 0 Å². The number of anilines is 1. The summed E-state index contributed by atoms with van der Waals surface area (Å²) in [6, 6.07) is 7.06. The Labute approximate surface area is 107 Å². The standard InChI is InChI=1S/C12H10BrN3O/c1-8-4-5-10(16-11(8)13)12(17)15-9-3-2-6-14-7-9/h2-7H,1H3,(H,15,17). The summed E-state index contributed by atoms with van der Waals surface area (Å²) in [5, 5.41) is 2.72. The van der Waals surface area contributed by atoms with Gasteiger partial charge in [0.05, 0.1) is 11.9 Å². The minimum atomic E-state index is -0.251. The molecule has 0 saturated carbocycles. The highest BCUT2D eigenvalue weighted by atomic mass is 79.9. The van der Waals surface area contributed by atoms with Gasteiger partial charge in [0.1, 0.15) is 10.3 Å². The van der Waals surface area contributed by atoms with E-state index in [0.29, 0.717) is 16.0 Å². The first-order valence-corrected chi connectivity index (χ1v) is 5.80. The van der Waals surface area contributed by atoms with Gasteiger partial charge in [-0.15, -0.1) is 0 Å². The molecule has 2 aromatic rings. The number of nitrogens with zero attached hydrogens (tertiary/aromatic N) is 2. The maximum atomic E-state index is 11.9. The van der Waals surface area contributed by atoms with E-state index in [0.717, 1.165) is 5.56 Å². The summed E-state index contributed by atoms with van der Waals surface area (Å²) in [6.07, 6.45) is 3.23. The number of carbonyl (C=O) groups is 1. The van der Waals surface area contributed by atoms with E-state index in [1.54, 1.807) is 30.6 Å². The average Bonchev–Trinajstić information content (AvgIpc) is 2.34. The van der Waals surface area contributed by atoms with Gasteiger partial charge in [-0.1, -0.05) is 6.07 Å². The molecule has 1 N–H and O–H groups in total. The molecule has 5 heteroatoms. The SMILES string of the molecule is Cc1ccc(C(=O)Nc2cccnc2)nc1Br. The van der Waals surface area contributed by atoms with Crippen molar-refractivity contribution in [1.82, 2.24) is 9.97 Å². The first-order chi connectivity index (χ1) is 8.16. The summed E-state index contributed by atoms with van der Waals surface area (Å²) in [6.45, 7) is 1.92. The Hall–Kier alpha value is -1.75. The highest BCUT2D eigenvalue weighted by Gasteiger charge is 2.09. The zero-order valence-electron chi connectivity index (χ0n) is 9.14. The Bertz CT molecular complexity index is 543. The predicted molar refractivity (Wildman–Crippen MR) is 68.9 cm³/mol. The highest BCUT2D eigenvalue weighted by molar-refractivity contribution is 9.10. The maximum Gasteiger partial charge on any atom is 0.274 e. The molecule has 0 spiro atoms. The van der Waals surface area contributed by atoms with Crippen LogP contribution in [0.15, 0.2) is 41.3 Å². The number of rotatable bonds is 2. The number of hydrogen-bond acceptors (Lipinski definition) is 3. The molecule has 0 saturated heterocycles. The van der Waals surface area contributed by atoms with Crippen molar-refractivity contribution < 1.29 is 4.79 Å². The van der Waals surface area contributed by atoms with E-state index in [9.17, 15) is 4.79 Å². The summed E-state index contributed by atoms with van der Waals surface area (Å²) in [5.41, 5.74) is 2.00. The number of aryl methyl sites for hydroxylation is 1. The van der Waals surface area contributed by atoms with Gasteiger partial charge in [-0.3, -0.25) is 9.78 Å². The minimum Gasteiger partial charge on any atom is -0.319 e. The van der Waals surface area contributed by atoms with E-state index in [1.807, 2.05) is 13.0 Å². The van der Waals surface area contributed by atoms with E-state index in [4.69, 9.17) is 0 Å². The van der Waals surface area contributed by atoms with Crippen molar-refractivity contribution in [2.45, 2.75) is 6.92 Å². The van der Waals surface area contributed by atoms with Gasteiger partial charge in [-0.2, -0.15) is 0 Å². The van der Waals surface area contributed by atoms with Gasteiger partial charge < -0.3 is 5.32 Å². The summed E-state index contributed by atoms with van der Waals surface area (Å²) >= 11 is 3.30. The van der Waals surface area contributed by atoms with Gasteiger partial charge in [0.15, 0.2) is 0 Å². The Morgan fingerprint density at radius 1 is 1.35 bits per heavy atom. The molecule has 0 aliphatic carbocycles. The smallest absolute Gasteiger partial charge is 0.274 e. The van der Waals surface area contributed by atoms with Crippen LogP contribution < -0.4 is 5.32 Å². The molecule has 4 nitrogen and oxygen atoms in total. The van der Waals surface area contributed by atoms with Crippen molar-refractivity contribution in [3.8, 4) is 0 Å². The molecular formula is C12H10BrN3O. The second kappa shape index (κ2) is 5.05. The largest absolute Gasteiger partial charge is 0.319 e. The summed E-state index contributed by atoms with van der Waals surface area (Å²) < 4.78 is 0.677. The number of carbonyl (C=O) groups excluding carboxylic acids is 1. The summed E-state index contributed by atoms with van der Waals surface area (Å²) in [4.78, 5) is 19.9. The van der Waals surface area contributed by atoms with Gasteiger partial charge in [-0.05, 0) is 46.6 Å². The number of pyridine rings is 2. The van der Waals surface area contributed by atoms with Crippen LogP contribution in [0.5, 0.6) is 0 Å². The van der Waals surface area contributed by atoms with Crippen LogP contribution in [-0.4, -0.2) is 15.9 Å². The van der Waals surface area contributed by atoms with Crippen molar-refractivity contribution in [3.63, 3.8) is 0 Å². The number of nitrogens with one attached hydrogen (secondary N) is 1. The van der Waals surface area contributed by atoms with E-state index >= 15 is 0 Å². The topological polar surface area (TPSA) is 54.9 Å². The van der Waals surface area contributed by atoms with Crippen LogP contribution in [0, 0.1) is 6.92 Å². The molecule has 2 rings (SSSR count). The Kier molecular flexibility index (Phi) is 3.49. The second-order valence-corrected chi connectivity index (χ2v) is 4.25. The van der Waals surface area contributed by atoms with Gasteiger partial charge in [0, 0.05) is 6.20 Å². The molecule has 0 fully saturated rings. The van der Waals surface area contributed by atoms with Crippen molar-refractivity contribution in [2.24, 2.45) is 0 Å². The van der Waals surface area contributed by atoms with E-state index in [-0.39, 0.29) is 5.91 Å². The molecule has 0 atom stereocenters. The highest BCUT2D eigenvalue weighted by Crippen LogP contribution is 2.14. The summed E-state index contributed by atoms with van der Waals surface area (Å²) in [7, 11) is 0. The van der Waals surface area contributed by atoms with Gasteiger partial charge in [0.25, 0.3) is 5.91 Å². The van der Waals surface area contributed by atoms with Crippen molar-refractivity contribution in [2.75, 3.05) is 5.32 Å². The van der Waals surface area contributed by atoms with Crippen molar-refractivity contribution >= 4 is 27.5 Å². The lowest BCUT2D eigenvalue weighted by Gasteiger charge is -2.05. The molecule has 17 heavy (non-hydrogen) atoms. The number of hydrogen-bond donors (Lipinski definition) is 1. The third-order valence-electron chi connectivity index (χ3n) is 2.19. The predicted octanol–water partition coefficient (Wildman–Crippen LogP) is 2.80. The third-order valence-corrected chi connectivity index (χ3v) is 2.99. The molecule has 2 heterocycles. The number of aromatic nitrogens is 2. The first kappa shape index (κ1) is 11.7. The molecule has 0 bridgehead atoms. The maximum absolute atomic E-state index is 11.9. The fraction of sp³-hybridized carbons (Fsp3) is 0.0833.